The lowest BCUT2D eigenvalue weighted by Gasteiger charge is -2.12. The van der Waals surface area contributed by atoms with Gasteiger partial charge in [0.2, 0.25) is 0 Å². The molecule has 1 heterocycles. The Morgan fingerprint density at radius 2 is 1.76 bits per heavy atom. The summed E-state index contributed by atoms with van der Waals surface area (Å²) >= 11 is 0. The average molecular weight is 345 g/mol. The van der Waals surface area contributed by atoms with Gasteiger partial charge in [-0.15, -0.1) is 5.10 Å². The van der Waals surface area contributed by atoms with E-state index in [1.165, 1.54) is 35.3 Å². The summed E-state index contributed by atoms with van der Waals surface area (Å²) in [6, 6.07) is 12.1. The number of carbonyl (C=O) groups is 1. The van der Waals surface area contributed by atoms with Crippen LogP contribution in [0.3, 0.4) is 0 Å². The highest BCUT2D eigenvalue weighted by Gasteiger charge is 2.22. The normalized spacial score (nSPS) is 11.3. The van der Waals surface area contributed by atoms with Crippen LogP contribution in [0, 0.1) is 0 Å². The average Bonchev–Trinajstić information content (AvgIpc) is 3.04. The molecule has 25 heavy (non-hydrogen) atoms. The second kappa shape index (κ2) is 6.31. The maximum Gasteiger partial charge on any atom is 0.394 e. The fraction of sp³-hybridized carbons (Fsp3) is 0.118. The summed E-state index contributed by atoms with van der Waals surface area (Å²) in [5.41, 5.74) is 1.45. The van der Waals surface area contributed by atoms with Crippen molar-refractivity contribution < 1.29 is 23.4 Å². The third kappa shape index (κ3) is 3.97. The van der Waals surface area contributed by atoms with Crippen LogP contribution >= 0.6 is 0 Å². The number of halogens is 2. The van der Waals surface area contributed by atoms with Crippen LogP contribution in [0.2, 0.25) is 0 Å². The summed E-state index contributed by atoms with van der Waals surface area (Å²) in [4.78, 5) is 15.0. The van der Waals surface area contributed by atoms with Crippen LogP contribution in [0.4, 0.5) is 8.78 Å². The van der Waals surface area contributed by atoms with Crippen molar-refractivity contribution in [2.45, 2.75) is 13.0 Å². The molecular formula is C17H13F2N3O3. The van der Waals surface area contributed by atoms with Gasteiger partial charge in [0.15, 0.2) is 5.82 Å². The first-order valence-corrected chi connectivity index (χ1v) is 7.24. The number of carboxylic acid groups (broad SMARTS) is 1. The van der Waals surface area contributed by atoms with Gasteiger partial charge in [0, 0.05) is 12.5 Å². The molecule has 0 radical (unpaired) electrons. The summed E-state index contributed by atoms with van der Waals surface area (Å²) in [7, 11) is 0. The van der Waals surface area contributed by atoms with Gasteiger partial charge in [-0.2, -0.15) is 8.78 Å². The molecule has 0 bridgehead atoms. The van der Waals surface area contributed by atoms with Crippen LogP contribution < -0.4 is 4.74 Å². The van der Waals surface area contributed by atoms with Gasteiger partial charge >= 0.3 is 12.1 Å². The van der Waals surface area contributed by atoms with Gasteiger partial charge in [-0.3, -0.25) is 0 Å². The number of aromatic carboxylic acids is 1. The molecular weight excluding hydrogens is 332 g/mol. The zero-order chi connectivity index (χ0) is 18.0. The Labute approximate surface area is 141 Å². The van der Waals surface area contributed by atoms with Crippen LogP contribution in [0.15, 0.2) is 54.9 Å². The van der Waals surface area contributed by atoms with Crippen molar-refractivity contribution in [3.05, 3.63) is 60.4 Å². The highest BCUT2D eigenvalue weighted by molar-refractivity contribution is 5.88. The largest absolute Gasteiger partial charge is 0.478 e. The molecule has 2 aromatic carbocycles. The number of rotatable bonds is 5. The molecule has 128 valence electrons. The Hall–Kier alpha value is -3.29. The molecule has 0 aliphatic heterocycles. The molecule has 0 aliphatic carbocycles. The minimum absolute atomic E-state index is 0.0425. The SMILES string of the molecule is CC(F)(F)Oc1ccc(-n2cnc(-c3ccc(C(=O)O)cc3)n2)cc1. The molecule has 1 aromatic heterocycles. The molecule has 0 atom stereocenters. The van der Waals surface area contributed by atoms with Crippen LogP contribution in [0.5, 0.6) is 5.75 Å². The van der Waals surface area contributed by atoms with E-state index in [0.717, 1.165) is 0 Å². The minimum atomic E-state index is -3.25. The molecule has 0 unspecified atom stereocenters. The maximum absolute atomic E-state index is 12.8. The number of ether oxygens (including phenoxy) is 1. The third-order valence-electron chi connectivity index (χ3n) is 3.28. The highest BCUT2D eigenvalue weighted by Crippen LogP contribution is 2.23. The molecule has 8 heteroatoms. The Kier molecular flexibility index (Phi) is 4.18. The van der Waals surface area contributed by atoms with Crippen LogP contribution in [0.25, 0.3) is 17.1 Å². The van der Waals surface area contributed by atoms with E-state index >= 15 is 0 Å². The number of hydrogen-bond donors (Lipinski definition) is 1. The zero-order valence-electron chi connectivity index (χ0n) is 13.1. The Bertz CT molecular complexity index is 885. The van der Waals surface area contributed by atoms with Crippen molar-refractivity contribution in [2.24, 2.45) is 0 Å². The molecule has 0 saturated carbocycles. The predicted molar refractivity (Wildman–Crippen MR) is 85.0 cm³/mol. The zero-order valence-corrected chi connectivity index (χ0v) is 13.1. The summed E-state index contributed by atoms with van der Waals surface area (Å²) in [6.45, 7) is 0.667. The number of nitrogens with zero attached hydrogens (tertiary/aromatic N) is 3. The second-order valence-corrected chi connectivity index (χ2v) is 5.30. The van der Waals surface area contributed by atoms with E-state index in [2.05, 4.69) is 14.8 Å². The van der Waals surface area contributed by atoms with Crippen molar-refractivity contribution in [3.63, 3.8) is 0 Å². The molecule has 0 amide bonds. The van der Waals surface area contributed by atoms with Gasteiger partial charge in [-0.1, -0.05) is 12.1 Å². The van der Waals surface area contributed by atoms with E-state index in [4.69, 9.17) is 5.11 Å². The fourth-order valence-electron chi connectivity index (χ4n) is 2.16. The van der Waals surface area contributed by atoms with Gasteiger partial charge in [-0.25, -0.2) is 14.5 Å². The third-order valence-corrected chi connectivity index (χ3v) is 3.28. The Balaban J connectivity index is 1.80. The van der Waals surface area contributed by atoms with Crippen molar-refractivity contribution in [1.82, 2.24) is 14.8 Å². The number of carboxylic acids is 1. The van der Waals surface area contributed by atoms with Gasteiger partial charge in [0.25, 0.3) is 0 Å². The summed E-state index contributed by atoms with van der Waals surface area (Å²) in [5, 5.41) is 13.2. The van der Waals surface area contributed by atoms with E-state index < -0.39 is 12.1 Å². The minimum Gasteiger partial charge on any atom is -0.478 e. The van der Waals surface area contributed by atoms with Crippen molar-refractivity contribution in [3.8, 4) is 22.8 Å². The van der Waals surface area contributed by atoms with Gasteiger partial charge < -0.3 is 9.84 Å². The lowest BCUT2D eigenvalue weighted by molar-refractivity contribution is -0.158. The van der Waals surface area contributed by atoms with E-state index in [1.807, 2.05) is 0 Å². The maximum atomic E-state index is 12.8. The molecule has 0 saturated heterocycles. The summed E-state index contributed by atoms with van der Waals surface area (Å²) in [5.74, 6) is -0.553. The van der Waals surface area contributed by atoms with E-state index in [-0.39, 0.29) is 11.3 Å². The lowest BCUT2D eigenvalue weighted by atomic mass is 10.1. The van der Waals surface area contributed by atoms with E-state index in [9.17, 15) is 13.6 Å². The highest BCUT2D eigenvalue weighted by atomic mass is 19.3. The molecule has 3 aromatic rings. The number of benzene rings is 2. The molecule has 0 aliphatic rings. The van der Waals surface area contributed by atoms with Gasteiger partial charge in [0.1, 0.15) is 12.1 Å². The van der Waals surface area contributed by atoms with Crippen LogP contribution in [0.1, 0.15) is 17.3 Å². The van der Waals surface area contributed by atoms with Crippen LogP contribution in [-0.2, 0) is 0 Å². The smallest absolute Gasteiger partial charge is 0.394 e. The Morgan fingerprint density at radius 1 is 1.12 bits per heavy atom. The number of hydrogen-bond acceptors (Lipinski definition) is 4. The van der Waals surface area contributed by atoms with E-state index in [1.54, 1.807) is 24.3 Å². The molecule has 1 N–H and O–H groups in total. The Morgan fingerprint density at radius 3 is 2.32 bits per heavy atom. The summed E-state index contributed by atoms with van der Waals surface area (Å²) < 4.78 is 31.6. The van der Waals surface area contributed by atoms with Crippen molar-refractivity contribution in [1.29, 1.82) is 0 Å². The van der Waals surface area contributed by atoms with Gasteiger partial charge in [0.05, 0.1) is 11.3 Å². The number of aromatic nitrogens is 3. The fourth-order valence-corrected chi connectivity index (χ4v) is 2.16. The summed E-state index contributed by atoms with van der Waals surface area (Å²) in [6.07, 6.45) is -1.77. The standard InChI is InChI=1S/C17H13F2N3O3/c1-17(18,19)25-14-8-6-13(7-9-14)22-10-20-15(21-22)11-2-4-12(5-3-11)16(23)24/h2-10H,1H3,(H,23,24). The molecule has 3 rings (SSSR count). The first-order chi connectivity index (χ1) is 11.8. The molecule has 6 nitrogen and oxygen atoms in total. The first kappa shape index (κ1) is 16.6. The molecule has 0 fully saturated rings. The predicted octanol–water partition coefficient (Wildman–Crippen LogP) is 3.62. The topological polar surface area (TPSA) is 77.2 Å². The quantitative estimate of drug-likeness (QED) is 0.764. The first-order valence-electron chi connectivity index (χ1n) is 7.24. The van der Waals surface area contributed by atoms with Crippen molar-refractivity contribution in [2.75, 3.05) is 0 Å². The monoisotopic (exact) mass is 345 g/mol. The van der Waals surface area contributed by atoms with Gasteiger partial charge in [-0.05, 0) is 36.4 Å². The van der Waals surface area contributed by atoms with Crippen LogP contribution in [-0.4, -0.2) is 31.9 Å². The van der Waals surface area contributed by atoms with Crippen molar-refractivity contribution >= 4 is 5.97 Å². The van der Waals surface area contributed by atoms with E-state index in [0.29, 0.717) is 24.0 Å². The molecule has 0 spiro atoms. The second-order valence-electron chi connectivity index (χ2n) is 5.30. The number of alkyl halides is 2. The lowest BCUT2D eigenvalue weighted by Crippen LogP contribution is -2.19.